The molecular formula is C12H24N2O2S. The van der Waals surface area contributed by atoms with Crippen molar-refractivity contribution in [3.8, 4) is 0 Å². The van der Waals surface area contributed by atoms with Crippen molar-refractivity contribution in [1.29, 1.82) is 0 Å². The van der Waals surface area contributed by atoms with E-state index in [1.54, 1.807) is 14.2 Å². The Morgan fingerprint density at radius 2 is 2.00 bits per heavy atom. The third-order valence-corrected chi connectivity index (χ3v) is 3.47. The molecule has 0 radical (unpaired) electrons. The Kier molecular flexibility index (Phi) is 6.77. The van der Waals surface area contributed by atoms with E-state index >= 15 is 0 Å². The summed E-state index contributed by atoms with van der Waals surface area (Å²) in [7, 11) is 3.47. The fraction of sp³-hybridized carbons (Fsp3) is 0.917. The minimum absolute atomic E-state index is 0.268. The highest BCUT2D eigenvalue weighted by atomic mass is 32.1. The molecule has 1 saturated heterocycles. The molecule has 1 N–H and O–H groups in total. The van der Waals surface area contributed by atoms with Crippen molar-refractivity contribution in [2.24, 2.45) is 5.92 Å². The lowest BCUT2D eigenvalue weighted by molar-refractivity contribution is 0.118. The molecule has 1 aliphatic rings. The molecule has 5 heteroatoms. The summed E-state index contributed by atoms with van der Waals surface area (Å²) in [6.45, 7) is 5.68. The highest BCUT2D eigenvalue weighted by Crippen LogP contribution is 2.17. The molecule has 1 unspecified atom stereocenters. The number of nitrogens with zero attached hydrogens (tertiary/aromatic N) is 1. The van der Waals surface area contributed by atoms with Crippen LogP contribution in [0.4, 0.5) is 0 Å². The Bertz CT molecular complexity index is 231. The van der Waals surface area contributed by atoms with Crippen LogP contribution in [0.2, 0.25) is 0 Å². The number of nitrogens with one attached hydrogen (secondary N) is 1. The maximum Gasteiger partial charge on any atom is 0.169 e. The summed E-state index contributed by atoms with van der Waals surface area (Å²) in [5.41, 5.74) is 0. The summed E-state index contributed by atoms with van der Waals surface area (Å²) in [5, 5.41) is 4.15. The summed E-state index contributed by atoms with van der Waals surface area (Å²) in [5.74, 6) is 0.690. The summed E-state index contributed by atoms with van der Waals surface area (Å²) in [6, 6.07) is 0.268. The van der Waals surface area contributed by atoms with Crippen LogP contribution in [0.25, 0.3) is 0 Å². The van der Waals surface area contributed by atoms with Crippen molar-refractivity contribution in [2.45, 2.75) is 25.8 Å². The molecule has 0 saturated carbocycles. The van der Waals surface area contributed by atoms with Crippen molar-refractivity contribution in [3.05, 3.63) is 0 Å². The lowest BCUT2D eigenvalue weighted by Crippen LogP contribution is -2.48. The van der Waals surface area contributed by atoms with Crippen LogP contribution in [0.1, 0.15) is 19.8 Å². The van der Waals surface area contributed by atoms with Crippen molar-refractivity contribution < 1.29 is 9.47 Å². The van der Waals surface area contributed by atoms with Crippen molar-refractivity contribution in [2.75, 3.05) is 40.5 Å². The van der Waals surface area contributed by atoms with Crippen molar-refractivity contribution in [3.63, 3.8) is 0 Å². The minimum Gasteiger partial charge on any atom is -0.384 e. The number of hydrogen-bond donors (Lipinski definition) is 1. The first-order chi connectivity index (χ1) is 8.17. The van der Waals surface area contributed by atoms with Gasteiger partial charge in [-0.05, 0) is 37.9 Å². The molecule has 0 aromatic rings. The molecule has 1 fully saturated rings. The fourth-order valence-corrected chi connectivity index (χ4v) is 2.52. The van der Waals surface area contributed by atoms with Gasteiger partial charge in [-0.1, -0.05) is 0 Å². The Balaban J connectivity index is 2.25. The Labute approximate surface area is 110 Å². The number of thiocarbonyl (C=S) groups is 1. The Morgan fingerprint density at radius 3 is 2.53 bits per heavy atom. The molecule has 1 heterocycles. The number of ether oxygens (including phenoxy) is 2. The molecule has 0 amide bonds. The number of rotatable bonds is 5. The molecule has 1 atom stereocenters. The first-order valence-electron chi connectivity index (χ1n) is 6.20. The summed E-state index contributed by atoms with van der Waals surface area (Å²) >= 11 is 5.40. The van der Waals surface area contributed by atoms with E-state index in [-0.39, 0.29) is 6.04 Å². The molecule has 17 heavy (non-hydrogen) atoms. The molecule has 1 rings (SSSR count). The second-order valence-corrected chi connectivity index (χ2v) is 5.08. The second kappa shape index (κ2) is 7.84. The SMILES string of the molecule is COCC1CCN(C(=S)NC(C)COC)CC1. The van der Waals surface area contributed by atoms with Gasteiger partial charge in [0.25, 0.3) is 0 Å². The third kappa shape index (κ3) is 5.19. The van der Waals surface area contributed by atoms with Crippen molar-refractivity contribution in [1.82, 2.24) is 10.2 Å². The topological polar surface area (TPSA) is 33.7 Å². The number of piperidine rings is 1. The van der Waals surface area contributed by atoms with E-state index < -0.39 is 0 Å². The van der Waals surface area contributed by atoms with Crippen LogP contribution in [-0.4, -0.2) is 56.6 Å². The molecular weight excluding hydrogens is 236 g/mol. The zero-order valence-corrected chi connectivity index (χ0v) is 11.9. The predicted molar refractivity (Wildman–Crippen MR) is 73.2 cm³/mol. The molecule has 4 nitrogen and oxygen atoms in total. The van der Waals surface area contributed by atoms with Crippen LogP contribution in [0.3, 0.4) is 0 Å². The maximum absolute atomic E-state index is 5.40. The molecule has 0 aromatic carbocycles. The van der Waals surface area contributed by atoms with Crippen LogP contribution in [0, 0.1) is 5.92 Å². The van der Waals surface area contributed by atoms with Gasteiger partial charge in [0.05, 0.1) is 6.61 Å². The van der Waals surface area contributed by atoms with Gasteiger partial charge in [-0.25, -0.2) is 0 Å². The van der Waals surface area contributed by atoms with E-state index in [1.165, 1.54) is 0 Å². The third-order valence-electron chi connectivity index (χ3n) is 3.09. The zero-order chi connectivity index (χ0) is 12.7. The highest BCUT2D eigenvalue weighted by Gasteiger charge is 2.21. The normalized spacial score (nSPS) is 19.1. The lowest BCUT2D eigenvalue weighted by Gasteiger charge is -2.34. The second-order valence-electron chi connectivity index (χ2n) is 4.69. The van der Waals surface area contributed by atoms with Crippen LogP contribution < -0.4 is 5.32 Å². The van der Waals surface area contributed by atoms with Gasteiger partial charge in [0, 0.05) is 40.0 Å². The monoisotopic (exact) mass is 260 g/mol. The van der Waals surface area contributed by atoms with Gasteiger partial charge in [0.15, 0.2) is 5.11 Å². The largest absolute Gasteiger partial charge is 0.384 e. The quantitative estimate of drug-likeness (QED) is 0.753. The van der Waals surface area contributed by atoms with Gasteiger partial charge in [-0.3, -0.25) is 0 Å². The van der Waals surface area contributed by atoms with E-state index in [0.29, 0.717) is 12.5 Å². The molecule has 0 aliphatic carbocycles. The highest BCUT2D eigenvalue weighted by molar-refractivity contribution is 7.80. The first kappa shape index (κ1) is 14.7. The predicted octanol–water partition coefficient (Wildman–Crippen LogP) is 1.25. The van der Waals surface area contributed by atoms with Gasteiger partial charge in [-0.15, -0.1) is 0 Å². The van der Waals surface area contributed by atoms with Gasteiger partial charge in [-0.2, -0.15) is 0 Å². The van der Waals surface area contributed by atoms with Gasteiger partial charge >= 0.3 is 0 Å². The minimum atomic E-state index is 0.268. The Morgan fingerprint density at radius 1 is 1.35 bits per heavy atom. The molecule has 100 valence electrons. The van der Waals surface area contributed by atoms with E-state index in [0.717, 1.165) is 37.7 Å². The smallest absolute Gasteiger partial charge is 0.169 e. The molecule has 0 aromatic heterocycles. The van der Waals surface area contributed by atoms with E-state index in [4.69, 9.17) is 21.7 Å². The van der Waals surface area contributed by atoms with E-state index in [9.17, 15) is 0 Å². The number of likely N-dealkylation sites (tertiary alicyclic amines) is 1. The van der Waals surface area contributed by atoms with Gasteiger partial charge < -0.3 is 19.7 Å². The van der Waals surface area contributed by atoms with Crippen LogP contribution in [-0.2, 0) is 9.47 Å². The maximum atomic E-state index is 5.40. The van der Waals surface area contributed by atoms with Crippen molar-refractivity contribution >= 4 is 17.3 Å². The lowest BCUT2D eigenvalue weighted by atomic mass is 9.98. The van der Waals surface area contributed by atoms with Gasteiger partial charge in [0.1, 0.15) is 0 Å². The molecule has 0 bridgehead atoms. The summed E-state index contributed by atoms with van der Waals surface area (Å²) in [6.07, 6.45) is 2.32. The zero-order valence-electron chi connectivity index (χ0n) is 11.1. The molecule has 0 spiro atoms. The fourth-order valence-electron chi connectivity index (χ4n) is 2.13. The van der Waals surface area contributed by atoms with Crippen LogP contribution >= 0.6 is 12.2 Å². The van der Waals surface area contributed by atoms with E-state index in [2.05, 4.69) is 17.1 Å². The Hall–Kier alpha value is -0.390. The van der Waals surface area contributed by atoms with E-state index in [1.807, 2.05) is 0 Å². The summed E-state index contributed by atoms with van der Waals surface area (Å²) < 4.78 is 10.3. The molecule has 1 aliphatic heterocycles. The van der Waals surface area contributed by atoms with Crippen LogP contribution in [0.5, 0.6) is 0 Å². The number of hydrogen-bond acceptors (Lipinski definition) is 3. The first-order valence-corrected chi connectivity index (χ1v) is 6.61. The summed E-state index contributed by atoms with van der Waals surface area (Å²) in [4.78, 5) is 2.24. The number of methoxy groups -OCH3 is 2. The van der Waals surface area contributed by atoms with Gasteiger partial charge in [0.2, 0.25) is 0 Å². The standard InChI is InChI=1S/C12H24N2O2S/c1-10(8-15-2)13-12(17)14-6-4-11(5-7-14)9-16-3/h10-11H,4-9H2,1-3H3,(H,13,17). The average molecular weight is 260 g/mol. The van der Waals surface area contributed by atoms with Crippen LogP contribution in [0.15, 0.2) is 0 Å². The average Bonchev–Trinajstić information content (AvgIpc) is 2.30.